The van der Waals surface area contributed by atoms with E-state index in [1.54, 1.807) is 4.31 Å². The van der Waals surface area contributed by atoms with E-state index >= 15 is 0 Å². The number of rotatable bonds is 4. The highest BCUT2D eigenvalue weighted by Crippen LogP contribution is 2.20. The van der Waals surface area contributed by atoms with Crippen LogP contribution in [0.15, 0.2) is 0 Å². The van der Waals surface area contributed by atoms with Crippen LogP contribution in [0.1, 0.15) is 32.6 Å². The van der Waals surface area contributed by atoms with Crippen molar-refractivity contribution in [3.05, 3.63) is 0 Å². The van der Waals surface area contributed by atoms with Crippen LogP contribution in [0.2, 0.25) is 0 Å². The number of hydrogen-bond donors (Lipinski definition) is 1. The normalized spacial score (nSPS) is 25.1. The Hall–Kier alpha value is -0.130. The lowest BCUT2D eigenvalue weighted by Gasteiger charge is -2.32. The van der Waals surface area contributed by atoms with Crippen LogP contribution in [0.3, 0.4) is 0 Å². The van der Waals surface area contributed by atoms with Crippen LogP contribution >= 0.6 is 0 Å². The van der Waals surface area contributed by atoms with E-state index in [1.807, 2.05) is 6.92 Å². The molecule has 0 spiro atoms. The van der Waals surface area contributed by atoms with Gasteiger partial charge in [0.05, 0.1) is 5.75 Å². The zero-order valence-electron chi connectivity index (χ0n) is 8.65. The fraction of sp³-hybridized carbons (Fsp3) is 1.00. The Morgan fingerprint density at radius 2 is 2.14 bits per heavy atom. The van der Waals surface area contributed by atoms with Crippen LogP contribution in [0, 0.1) is 0 Å². The molecule has 0 saturated carbocycles. The van der Waals surface area contributed by atoms with Crippen LogP contribution in [0.4, 0.5) is 0 Å². The molecule has 1 rings (SSSR count). The van der Waals surface area contributed by atoms with Gasteiger partial charge >= 0.3 is 0 Å². The standard InChI is InChI=1S/C9H19NO3S/c1-9-5-2-3-6-10(9)14(12,13)8-4-7-11/h9,11H,2-8H2,1H3. The van der Waals surface area contributed by atoms with Crippen molar-refractivity contribution in [2.75, 3.05) is 18.9 Å². The highest BCUT2D eigenvalue weighted by atomic mass is 32.2. The summed E-state index contributed by atoms with van der Waals surface area (Å²) in [6.07, 6.45) is 3.37. The summed E-state index contributed by atoms with van der Waals surface area (Å²) in [6, 6.07) is 0.132. The van der Waals surface area contributed by atoms with Gasteiger partial charge in [0.2, 0.25) is 10.0 Å². The molecular weight excluding hydrogens is 202 g/mol. The van der Waals surface area contributed by atoms with Crippen molar-refractivity contribution in [2.24, 2.45) is 0 Å². The molecule has 0 amide bonds. The summed E-state index contributed by atoms with van der Waals surface area (Å²) in [5.41, 5.74) is 0. The molecule has 1 aliphatic heterocycles. The second kappa shape index (κ2) is 5.09. The fourth-order valence-electron chi connectivity index (χ4n) is 1.85. The first kappa shape index (κ1) is 11.9. The van der Waals surface area contributed by atoms with E-state index in [4.69, 9.17) is 5.11 Å². The molecule has 14 heavy (non-hydrogen) atoms. The van der Waals surface area contributed by atoms with Crippen molar-refractivity contribution < 1.29 is 13.5 Å². The van der Waals surface area contributed by atoms with Gasteiger partial charge in [0.25, 0.3) is 0 Å². The van der Waals surface area contributed by atoms with Crippen LogP contribution < -0.4 is 0 Å². The maximum atomic E-state index is 11.8. The highest BCUT2D eigenvalue weighted by molar-refractivity contribution is 7.89. The monoisotopic (exact) mass is 221 g/mol. The van der Waals surface area contributed by atoms with Crippen LogP contribution in [0.25, 0.3) is 0 Å². The minimum absolute atomic E-state index is 0.0541. The average molecular weight is 221 g/mol. The second-order valence-electron chi connectivity index (χ2n) is 3.85. The van der Waals surface area contributed by atoms with Gasteiger partial charge in [-0.25, -0.2) is 8.42 Å². The number of hydrogen-bond acceptors (Lipinski definition) is 3. The van der Waals surface area contributed by atoms with Gasteiger partial charge in [-0.05, 0) is 26.2 Å². The first-order valence-electron chi connectivity index (χ1n) is 5.18. The molecule has 0 aromatic rings. The molecular formula is C9H19NO3S. The topological polar surface area (TPSA) is 57.6 Å². The minimum Gasteiger partial charge on any atom is -0.396 e. The summed E-state index contributed by atoms with van der Waals surface area (Å²) in [5.74, 6) is 0.0772. The number of aliphatic hydroxyl groups is 1. The average Bonchev–Trinajstić information content (AvgIpc) is 2.15. The zero-order chi connectivity index (χ0) is 10.6. The van der Waals surface area contributed by atoms with Crippen LogP contribution in [-0.4, -0.2) is 42.8 Å². The van der Waals surface area contributed by atoms with E-state index in [0.29, 0.717) is 13.0 Å². The largest absolute Gasteiger partial charge is 0.396 e. The van der Waals surface area contributed by atoms with Gasteiger partial charge in [-0.1, -0.05) is 6.42 Å². The van der Waals surface area contributed by atoms with Crippen molar-refractivity contribution in [1.82, 2.24) is 4.31 Å². The molecule has 5 heteroatoms. The Bertz CT molecular complexity index is 263. The lowest BCUT2D eigenvalue weighted by Crippen LogP contribution is -2.43. The number of sulfonamides is 1. The van der Waals surface area contributed by atoms with E-state index in [1.165, 1.54) is 0 Å². The summed E-state index contributed by atoms with van der Waals surface area (Å²) < 4.78 is 25.1. The van der Waals surface area contributed by atoms with E-state index < -0.39 is 10.0 Å². The smallest absolute Gasteiger partial charge is 0.214 e. The lowest BCUT2D eigenvalue weighted by molar-refractivity contribution is 0.264. The van der Waals surface area contributed by atoms with Gasteiger partial charge in [-0.3, -0.25) is 0 Å². The molecule has 0 aromatic heterocycles. The first-order valence-corrected chi connectivity index (χ1v) is 6.79. The van der Waals surface area contributed by atoms with Crippen molar-refractivity contribution >= 4 is 10.0 Å². The van der Waals surface area contributed by atoms with Gasteiger partial charge < -0.3 is 5.11 Å². The molecule has 1 N–H and O–H groups in total. The van der Waals surface area contributed by atoms with E-state index in [0.717, 1.165) is 19.3 Å². The van der Waals surface area contributed by atoms with Crippen molar-refractivity contribution in [3.8, 4) is 0 Å². The summed E-state index contributed by atoms with van der Waals surface area (Å²) in [4.78, 5) is 0. The van der Waals surface area contributed by atoms with Crippen LogP contribution in [0.5, 0.6) is 0 Å². The second-order valence-corrected chi connectivity index (χ2v) is 5.89. The number of aliphatic hydroxyl groups excluding tert-OH is 1. The Morgan fingerprint density at radius 1 is 1.43 bits per heavy atom. The van der Waals surface area contributed by atoms with Gasteiger partial charge in [-0.15, -0.1) is 0 Å². The fourth-order valence-corrected chi connectivity index (χ4v) is 3.64. The third-order valence-corrected chi connectivity index (χ3v) is 4.72. The molecule has 1 heterocycles. The van der Waals surface area contributed by atoms with E-state index in [-0.39, 0.29) is 18.4 Å². The molecule has 0 aliphatic carbocycles. The van der Waals surface area contributed by atoms with E-state index in [9.17, 15) is 8.42 Å². The number of nitrogens with zero attached hydrogens (tertiary/aromatic N) is 1. The maximum absolute atomic E-state index is 11.8. The Labute approximate surface area is 86.0 Å². The molecule has 1 saturated heterocycles. The van der Waals surface area contributed by atoms with E-state index in [2.05, 4.69) is 0 Å². The first-order chi connectivity index (χ1) is 6.58. The Morgan fingerprint density at radius 3 is 2.71 bits per heavy atom. The number of piperidine rings is 1. The quantitative estimate of drug-likeness (QED) is 0.755. The summed E-state index contributed by atoms with van der Waals surface area (Å²) in [5, 5.41) is 8.61. The van der Waals surface area contributed by atoms with Crippen molar-refractivity contribution in [3.63, 3.8) is 0 Å². The molecule has 1 aliphatic rings. The third-order valence-electron chi connectivity index (χ3n) is 2.66. The van der Waals surface area contributed by atoms with Gasteiger partial charge in [0.15, 0.2) is 0 Å². The molecule has 1 unspecified atom stereocenters. The van der Waals surface area contributed by atoms with Crippen molar-refractivity contribution in [1.29, 1.82) is 0 Å². The molecule has 84 valence electrons. The predicted octanol–water partition coefficient (Wildman–Crippen LogP) is 0.573. The SMILES string of the molecule is CC1CCCCN1S(=O)(=O)CCCO. The lowest BCUT2D eigenvalue weighted by atomic mass is 10.1. The zero-order valence-corrected chi connectivity index (χ0v) is 9.46. The Kier molecular flexibility index (Phi) is 4.34. The predicted molar refractivity (Wildman–Crippen MR) is 55.5 cm³/mol. The molecule has 1 fully saturated rings. The molecule has 4 nitrogen and oxygen atoms in total. The van der Waals surface area contributed by atoms with Gasteiger partial charge in [-0.2, -0.15) is 4.31 Å². The van der Waals surface area contributed by atoms with Gasteiger partial charge in [0.1, 0.15) is 0 Å². The van der Waals surface area contributed by atoms with Crippen LogP contribution in [-0.2, 0) is 10.0 Å². The maximum Gasteiger partial charge on any atom is 0.214 e. The molecule has 0 radical (unpaired) electrons. The molecule has 1 atom stereocenters. The molecule has 0 bridgehead atoms. The summed E-state index contributed by atoms with van der Waals surface area (Å²) >= 11 is 0. The van der Waals surface area contributed by atoms with Gasteiger partial charge in [0, 0.05) is 19.2 Å². The Balaban J connectivity index is 2.60. The van der Waals surface area contributed by atoms with Crippen molar-refractivity contribution in [2.45, 2.75) is 38.6 Å². The summed E-state index contributed by atoms with van der Waals surface area (Å²) in [6.45, 7) is 2.55. The summed E-state index contributed by atoms with van der Waals surface area (Å²) in [7, 11) is -3.12. The highest BCUT2D eigenvalue weighted by Gasteiger charge is 2.28. The molecule has 0 aromatic carbocycles. The third kappa shape index (κ3) is 2.93. The minimum atomic E-state index is -3.12.